The summed E-state index contributed by atoms with van der Waals surface area (Å²) in [6, 6.07) is 14.7. The normalized spacial score (nSPS) is 13.1. The van der Waals surface area contributed by atoms with E-state index >= 15 is 0 Å². The van der Waals surface area contributed by atoms with Gasteiger partial charge in [-0.2, -0.15) is 0 Å². The molecule has 1 unspecified atom stereocenters. The second-order valence-electron chi connectivity index (χ2n) is 4.99. The molecule has 2 aromatic rings. The van der Waals surface area contributed by atoms with Gasteiger partial charge >= 0.3 is 0 Å². The largest absolute Gasteiger partial charge is 0.394 e. The standard InChI is InChI=1S/C16H21NO2/c1-17(11-15(19)12-18)10-9-14-7-4-6-13-5-2-3-8-16(13)14/h2-8,15,18-19H,9-12H2,1H3. The van der Waals surface area contributed by atoms with Gasteiger partial charge in [-0.25, -0.2) is 0 Å². The fraction of sp³-hybridized carbons (Fsp3) is 0.375. The number of benzene rings is 2. The highest BCUT2D eigenvalue weighted by Gasteiger charge is 2.07. The zero-order valence-corrected chi connectivity index (χ0v) is 11.3. The molecule has 0 aromatic heterocycles. The van der Waals surface area contributed by atoms with Crippen molar-refractivity contribution in [1.82, 2.24) is 4.90 Å². The van der Waals surface area contributed by atoms with Crippen LogP contribution in [0.3, 0.4) is 0 Å². The van der Waals surface area contributed by atoms with Gasteiger partial charge in [0.1, 0.15) is 0 Å². The molecule has 102 valence electrons. The van der Waals surface area contributed by atoms with Crippen molar-refractivity contribution in [2.75, 3.05) is 26.7 Å². The summed E-state index contributed by atoms with van der Waals surface area (Å²) in [5.41, 5.74) is 1.32. The van der Waals surface area contributed by atoms with Gasteiger partial charge in [0.15, 0.2) is 0 Å². The van der Waals surface area contributed by atoms with E-state index in [1.165, 1.54) is 16.3 Å². The number of aliphatic hydroxyl groups excluding tert-OH is 2. The average Bonchev–Trinajstić information content (AvgIpc) is 2.44. The predicted octanol–water partition coefficient (Wildman–Crippen LogP) is 1.67. The topological polar surface area (TPSA) is 43.7 Å². The molecule has 0 bridgehead atoms. The molecule has 0 fully saturated rings. The molecule has 0 heterocycles. The maximum absolute atomic E-state index is 9.41. The molecule has 3 nitrogen and oxygen atoms in total. The Bertz CT molecular complexity index is 522. The summed E-state index contributed by atoms with van der Waals surface area (Å²) in [7, 11) is 1.96. The Morgan fingerprint density at radius 2 is 1.84 bits per heavy atom. The minimum atomic E-state index is -0.655. The van der Waals surface area contributed by atoms with Gasteiger partial charge in [-0.05, 0) is 29.8 Å². The zero-order valence-electron chi connectivity index (χ0n) is 11.3. The van der Waals surface area contributed by atoms with Gasteiger partial charge in [0.25, 0.3) is 0 Å². The summed E-state index contributed by atoms with van der Waals surface area (Å²) in [5, 5.41) is 20.8. The molecule has 2 aromatic carbocycles. The Kier molecular flexibility index (Phi) is 4.91. The zero-order chi connectivity index (χ0) is 13.7. The van der Waals surface area contributed by atoms with Gasteiger partial charge in [-0.1, -0.05) is 42.5 Å². The third-order valence-electron chi connectivity index (χ3n) is 3.38. The van der Waals surface area contributed by atoms with Crippen LogP contribution >= 0.6 is 0 Å². The van der Waals surface area contributed by atoms with Crippen LogP contribution in [0.15, 0.2) is 42.5 Å². The van der Waals surface area contributed by atoms with E-state index < -0.39 is 6.10 Å². The average molecular weight is 259 g/mol. The SMILES string of the molecule is CN(CCc1cccc2ccccc12)CC(O)CO. The van der Waals surface area contributed by atoms with E-state index in [1.54, 1.807) is 0 Å². The molecule has 0 aliphatic heterocycles. The Morgan fingerprint density at radius 1 is 1.11 bits per heavy atom. The van der Waals surface area contributed by atoms with Crippen LogP contribution in [0.4, 0.5) is 0 Å². The number of rotatable bonds is 6. The Morgan fingerprint density at radius 3 is 2.63 bits per heavy atom. The van der Waals surface area contributed by atoms with Crippen molar-refractivity contribution in [3.05, 3.63) is 48.0 Å². The molecule has 1 atom stereocenters. The lowest BCUT2D eigenvalue weighted by atomic mass is 10.0. The van der Waals surface area contributed by atoms with Gasteiger partial charge in [0.2, 0.25) is 0 Å². The van der Waals surface area contributed by atoms with Crippen molar-refractivity contribution in [2.24, 2.45) is 0 Å². The van der Waals surface area contributed by atoms with Gasteiger partial charge in [-0.15, -0.1) is 0 Å². The third kappa shape index (κ3) is 3.77. The fourth-order valence-electron chi connectivity index (χ4n) is 2.33. The summed E-state index contributed by atoms with van der Waals surface area (Å²) < 4.78 is 0. The molecule has 0 radical (unpaired) electrons. The monoisotopic (exact) mass is 259 g/mol. The molecule has 3 heteroatoms. The maximum Gasteiger partial charge on any atom is 0.0897 e. The number of nitrogens with zero attached hydrogens (tertiary/aromatic N) is 1. The molecule has 2 rings (SSSR count). The van der Waals surface area contributed by atoms with Crippen molar-refractivity contribution >= 4 is 10.8 Å². The Labute approximate surface area is 114 Å². The van der Waals surface area contributed by atoms with Crippen LogP contribution in [0.25, 0.3) is 10.8 Å². The molecular weight excluding hydrogens is 238 g/mol. The van der Waals surface area contributed by atoms with E-state index in [9.17, 15) is 5.11 Å². The molecule has 0 saturated carbocycles. The summed E-state index contributed by atoms with van der Waals surface area (Å²) in [6.45, 7) is 1.19. The summed E-state index contributed by atoms with van der Waals surface area (Å²) in [5.74, 6) is 0. The van der Waals surface area contributed by atoms with Crippen molar-refractivity contribution in [2.45, 2.75) is 12.5 Å². The van der Waals surface area contributed by atoms with Gasteiger partial charge in [0.05, 0.1) is 12.7 Å². The molecule has 0 spiro atoms. The first-order valence-corrected chi connectivity index (χ1v) is 6.65. The highest BCUT2D eigenvalue weighted by molar-refractivity contribution is 5.85. The van der Waals surface area contributed by atoms with E-state index in [2.05, 4.69) is 42.5 Å². The first-order valence-electron chi connectivity index (χ1n) is 6.65. The van der Waals surface area contributed by atoms with Gasteiger partial charge in [0, 0.05) is 13.1 Å². The Hall–Kier alpha value is -1.42. The predicted molar refractivity (Wildman–Crippen MR) is 78.2 cm³/mol. The highest BCUT2D eigenvalue weighted by atomic mass is 16.3. The lowest BCUT2D eigenvalue weighted by Crippen LogP contribution is -2.32. The number of aliphatic hydroxyl groups is 2. The lowest BCUT2D eigenvalue weighted by molar-refractivity contribution is 0.0669. The highest BCUT2D eigenvalue weighted by Crippen LogP contribution is 2.18. The van der Waals surface area contributed by atoms with Gasteiger partial charge in [-0.3, -0.25) is 0 Å². The van der Waals surface area contributed by atoms with E-state index in [0.717, 1.165) is 13.0 Å². The van der Waals surface area contributed by atoms with Crippen LogP contribution in [-0.4, -0.2) is 48.0 Å². The van der Waals surface area contributed by atoms with E-state index in [4.69, 9.17) is 5.11 Å². The number of hydrogen-bond acceptors (Lipinski definition) is 3. The van der Waals surface area contributed by atoms with Crippen molar-refractivity contribution in [3.8, 4) is 0 Å². The second-order valence-corrected chi connectivity index (χ2v) is 4.99. The molecule has 0 aliphatic rings. The van der Waals surface area contributed by atoms with Crippen molar-refractivity contribution in [3.63, 3.8) is 0 Å². The Balaban J connectivity index is 2.02. The number of fused-ring (bicyclic) bond motifs is 1. The van der Waals surface area contributed by atoms with Crippen LogP contribution in [0.5, 0.6) is 0 Å². The van der Waals surface area contributed by atoms with Crippen molar-refractivity contribution in [1.29, 1.82) is 0 Å². The van der Waals surface area contributed by atoms with Crippen molar-refractivity contribution < 1.29 is 10.2 Å². The molecule has 19 heavy (non-hydrogen) atoms. The van der Waals surface area contributed by atoms with Crippen LogP contribution in [0.2, 0.25) is 0 Å². The molecule has 2 N–H and O–H groups in total. The molecule has 0 amide bonds. The maximum atomic E-state index is 9.41. The van der Waals surface area contributed by atoms with E-state index in [-0.39, 0.29) is 6.61 Å². The molecular formula is C16H21NO2. The number of hydrogen-bond donors (Lipinski definition) is 2. The van der Waals surface area contributed by atoms with E-state index in [0.29, 0.717) is 6.54 Å². The quantitative estimate of drug-likeness (QED) is 0.829. The fourth-order valence-corrected chi connectivity index (χ4v) is 2.33. The summed E-state index contributed by atoms with van der Waals surface area (Å²) in [4.78, 5) is 2.04. The van der Waals surface area contributed by atoms with Crippen LogP contribution in [0.1, 0.15) is 5.56 Å². The van der Waals surface area contributed by atoms with Crippen LogP contribution in [-0.2, 0) is 6.42 Å². The molecule has 0 saturated heterocycles. The number of likely N-dealkylation sites (N-methyl/N-ethyl adjacent to an activating group) is 1. The minimum Gasteiger partial charge on any atom is -0.394 e. The summed E-state index contributed by atoms with van der Waals surface area (Å²) in [6.07, 6.45) is 0.285. The smallest absolute Gasteiger partial charge is 0.0897 e. The third-order valence-corrected chi connectivity index (χ3v) is 3.38. The molecule has 0 aliphatic carbocycles. The first kappa shape index (κ1) is 14.0. The lowest BCUT2D eigenvalue weighted by Gasteiger charge is -2.19. The summed E-state index contributed by atoms with van der Waals surface area (Å²) >= 11 is 0. The minimum absolute atomic E-state index is 0.182. The van der Waals surface area contributed by atoms with Crippen LogP contribution < -0.4 is 0 Å². The van der Waals surface area contributed by atoms with E-state index in [1.807, 2.05) is 11.9 Å². The van der Waals surface area contributed by atoms with Gasteiger partial charge < -0.3 is 15.1 Å². The second kappa shape index (κ2) is 6.66. The van der Waals surface area contributed by atoms with Crippen LogP contribution in [0, 0.1) is 0 Å². The first-order chi connectivity index (χ1) is 9.20.